The summed E-state index contributed by atoms with van der Waals surface area (Å²) in [5, 5.41) is 9.00. The molecule has 3 rings (SSSR count). The van der Waals surface area contributed by atoms with Crippen LogP contribution in [0.1, 0.15) is 12.8 Å². The molecule has 1 atom stereocenters. The second-order valence-corrected chi connectivity index (χ2v) is 6.10. The molecule has 106 valence electrons. The highest BCUT2D eigenvalue weighted by atomic mass is 32.2. The lowest BCUT2D eigenvalue weighted by molar-refractivity contribution is -0.120. The molecule has 2 amide bonds. The summed E-state index contributed by atoms with van der Waals surface area (Å²) in [4.78, 5) is 24.6. The first-order valence-corrected chi connectivity index (χ1v) is 7.79. The maximum Gasteiger partial charge on any atom is 0.234 e. The molecule has 2 heterocycles. The van der Waals surface area contributed by atoms with Crippen molar-refractivity contribution in [2.75, 3.05) is 29.5 Å². The number of rotatable bonds is 2. The van der Waals surface area contributed by atoms with Gasteiger partial charge in [0.15, 0.2) is 0 Å². The molecule has 0 spiro atoms. The van der Waals surface area contributed by atoms with E-state index in [0.29, 0.717) is 5.75 Å². The molecule has 0 saturated carbocycles. The van der Waals surface area contributed by atoms with E-state index in [1.165, 1.54) is 11.8 Å². The highest BCUT2D eigenvalue weighted by Gasteiger charge is 2.21. The van der Waals surface area contributed by atoms with Gasteiger partial charge in [-0.1, -0.05) is 0 Å². The summed E-state index contributed by atoms with van der Waals surface area (Å²) >= 11 is 1.52. The van der Waals surface area contributed by atoms with Gasteiger partial charge >= 0.3 is 0 Å². The Morgan fingerprint density at radius 3 is 3.10 bits per heavy atom. The number of fused-ring (bicyclic) bond motifs is 1. The number of thioether (sulfide) groups is 1. The smallest absolute Gasteiger partial charge is 0.234 e. The molecule has 5 nitrogen and oxygen atoms in total. The van der Waals surface area contributed by atoms with Crippen molar-refractivity contribution < 1.29 is 9.59 Å². The van der Waals surface area contributed by atoms with Crippen molar-refractivity contribution in [2.45, 2.75) is 17.7 Å². The van der Waals surface area contributed by atoms with Gasteiger partial charge in [0, 0.05) is 17.1 Å². The van der Waals surface area contributed by atoms with Crippen LogP contribution in [0, 0.1) is 5.92 Å². The maximum atomic E-state index is 12.2. The quantitative estimate of drug-likeness (QED) is 0.775. The van der Waals surface area contributed by atoms with Gasteiger partial charge in [0.25, 0.3) is 0 Å². The van der Waals surface area contributed by atoms with Gasteiger partial charge in [-0.25, -0.2) is 0 Å². The summed E-state index contributed by atoms with van der Waals surface area (Å²) in [7, 11) is 0. The minimum Gasteiger partial charge on any atom is -0.326 e. The molecule has 0 aliphatic carbocycles. The molecule has 0 radical (unpaired) electrons. The monoisotopic (exact) mass is 291 g/mol. The fraction of sp³-hybridized carbons (Fsp3) is 0.429. The maximum absolute atomic E-state index is 12.2. The van der Waals surface area contributed by atoms with Crippen molar-refractivity contribution in [3.8, 4) is 0 Å². The first-order valence-electron chi connectivity index (χ1n) is 6.80. The van der Waals surface area contributed by atoms with Crippen LogP contribution in [-0.2, 0) is 9.59 Å². The van der Waals surface area contributed by atoms with Gasteiger partial charge < -0.3 is 16.0 Å². The zero-order valence-corrected chi connectivity index (χ0v) is 11.9. The van der Waals surface area contributed by atoms with Crippen LogP contribution in [0.3, 0.4) is 0 Å². The molecule has 1 saturated heterocycles. The summed E-state index contributed by atoms with van der Waals surface area (Å²) in [5.41, 5.74) is 1.52. The lowest BCUT2D eigenvalue weighted by atomic mass is 9.99. The molecular formula is C14H17N3O2S. The molecule has 1 fully saturated rings. The standard InChI is InChI=1S/C14H17N3O2S/c18-13-8-20-12-4-3-10(6-11(12)17-13)16-14(19)9-2-1-5-15-7-9/h3-4,6,9,15H,1-2,5,7-8H2,(H,16,19)(H,17,18)/t9-/m0/s1. The van der Waals surface area contributed by atoms with Crippen molar-refractivity contribution in [1.82, 2.24) is 5.32 Å². The van der Waals surface area contributed by atoms with Gasteiger partial charge in [0.2, 0.25) is 11.8 Å². The number of carbonyl (C=O) groups is 2. The van der Waals surface area contributed by atoms with Crippen molar-refractivity contribution in [3.05, 3.63) is 18.2 Å². The van der Waals surface area contributed by atoms with Crippen LogP contribution in [-0.4, -0.2) is 30.7 Å². The summed E-state index contributed by atoms with van der Waals surface area (Å²) in [6.45, 7) is 1.73. The predicted molar refractivity (Wildman–Crippen MR) is 80.0 cm³/mol. The summed E-state index contributed by atoms with van der Waals surface area (Å²) in [6, 6.07) is 5.65. The molecule has 2 aliphatic heterocycles. The Morgan fingerprint density at radius 2 is 2.30 bits per heavy atom. The molecule has 0 unspecified atom stereocenters. The van der Waals surface area contributed by atoms with Gasteiger partial charge in [0.1, 0.15) is 0 Å². The molecule has 20 heavy (non-hydrogen) atoms. The molecule has 1 aromatic rings. The number of amides is 2. The minimum absolute atomic E-state index is 0.00228. The van der Waals surface area contributed by atoms with Gasteiger partial charge in [0.05, 0.1) is 17.4 Å². The van der Waals surface area contributed by atoms with Crippen molar-refractivity contribution in [1.29, 1.82) is 0 Å². The summed E-state index contributed by atoms with van der Waals surface area (Å²) in [6.07, 6.45) is 1.96. The summed E-state index contributed by atoms with van der Waals surface area (Å²) < 4.78 is 0. The highest BCUT2D eigenvalue weighted by Crippen LogP contribution is 2.33. The third kappa shape index (κ3) is 2.96. The second kappa shape index (κ2) is 5.85. The fourth-order valence-electron chi connectivity index (χ4n) is 2.48. The Kier molecular flexibility index (Phi) is 3.93. The predicted octanol–water partition coefficient (Wildman–Crippen LogP) is 1.67. The first-order chi connectivity index (χ1) is 9.72. The van der Waals surface area contributed by atoms with Crippen LogP contribution in [0.5, 0.6) is 0 Å². The zero-order valence-electron chi connectivity index (χ0n) is 11.1. The molecule has 3 N–H and O–H groups in total. The van der Waals surface area contributed by atoms with Gasteiger partial charge in [-0.3, -0.25) is 9.59 Å². The van der Waals surface area contributed by atoms with Crippen LogP contribution >= 0.6 is 11.8 Å². The number of hydrogen-bond acceptors (Lipinski definition) is 4. The number of benzene rings is 1. The molecule has 0 bridgehead atoms. The molecule has 2 aliphatic rings. The topological polar surface area (TPSA) is 70.2 Å². The number of hydrogen-bond donors (Lipinski definition) is 3. The highest BCUT2D eigenvalue weighted by molar-refractivity contribution is 8.00. The molecule has 6 heteroatoms. The largest absolute Gasteiger partial charge is 0.326 e. The number of nitrogens with one attached hydrogen (secondary N) is 3. The van der Waals surface area contributed by atoms with Crippen LogP contribution in [0.4, 0.5) is 11.4 Å². The lowest BCUT2D eigenvalue weighted by Crippen LogP contribution is -2.37. The summed E-state index contributed by atoms with van der Waals surface area (Å²) in [5.74, 6) is 0.532. The Morgan fingerprint density at radius 1 is 1.40 bits per heavy atom. The van der Waals surface area contributed by atoms with E-state index < -0.39 is 0 Å². The number of anilines is 2. The number of carbonyl (C=O) groups excluding carboxylic acids is 2. The third-order valence-electron chi connectivity index (χ3n) is 3.55. The van der Waals surface area contributed by atoms with Gasteiger partial charge in [-0.2, -0.15) is 0 Å². The van der Waals surface area contributed by atoms with Gasteiger partial charge in [-0.15, -0.1) is 11.8 Å². The van der Waals surface area contributed by atoms with Crippen molar-refractivity contribution in [2.24, 2.45) is 5.92 Å². The molecule has 1 aromatic carbocycles. The Balaban J connectivity index is 1.69. The molecular weight excluding hydrogens is 274 g/mol. The van der Waals surface area contributed by atoms with E-state index in [1.807, 2.05) is 18.2 Å². The van der Waals surface area contributed by atoms with Crippen molar-refractivity contribution >= 4 is 35.0 Å². The van der Waals surface area contributed by atoms with E-state index in [0.717, 1.165) is 42.2 Å². The number of piperidine rings is 1. The zero-order chi connectivity index (χ0) is 13.9. The van der Waals surface area contributed by atoms with E-state index >= 15 is 0 Å². The Labute approximate surface area is 121 Å². The van der Waals surface area contributed by atoms with Crippen LogP contribution in [0.15, 0.2) is 23.1 Å². The normalized spacial score (nSPS) is 21.8. The Bertz CT molecular complexity index is 541. The first kappa shape index (κ1) is 13.5. The van der Waals surface area contributed by atoms with Crippen LogP contribution in [0.2, 0.25) is 0 Å². The third-order valence-corrected chi connectivity index (χ3v) is 4.62. The van der Waals surface area contributed by atoms with Crippen molar-refractivity contribution in [3.63, 3.8) is 0 Å². The second-order valence-electron chi connectivity index (χ2n) is 5.08. The van der Waals surface area contributed by atoms with Crippen LogP contribution in [0.25, 0.3) is 0 Å². The van der Waals surface area contributed by atoms with E-state index in [-0.39, 0.29) is 17.7 Å². The fourth-order valence-corrected chi connectivity index (χ4v) is 3.27. The van der Waals surface area contributed by atoms with E-state index in [9.17, 15) is 9.59 Å². The lowest BCUT2D eigenvalue weighted by Gasteiger charge is -2.22. The van der Waals surface area contributed by atoms with Crippen LogP contribution < -0.4 is 16.0 Å². The average molecular weight is 291 g/mol. The minimum atomic E-state index is 0.00228. The van der Waals surface area contributed by atoms with Gasteiger partial charge in [-0.05, 0) is 37.6 Å². The molecule has 0 aromatic heterocycles. The van der Waals surface area contributed by atoms with E-state index in [1.54, 1.807) is 0 Å². The SMILES string of the molecule is O=C1CSc2ccc(NC(=O)[C@H]3CCCNC3)cc2N1. The van der Waals surface area contributed by atoms with E-state index in [4.69, 9.17) is 0 Å². The van der Waals surface area contributed by atoms with E-state index in [2.05, 4.69) is 16.0 Å². The average Bonchev–Trinajstić information content (AvgIpc) is 2.47. The Hall–Kier alpha value is -1.53.